The second kappa shape index (κ2) is 7.76. The molecule has 2 aromatic rings. The molecule has 21 heavy (non-hydrogen) atoms. The minimum atomic E-state index is 0.141. The first-order chi connectivity index (χ1) is 10.2. The van der Waals surface area contributed by atoms with Crippen molar-refractivity contribution in [3.05, 3.63) is 52.0 Å². The molecule has 1 atom stereocenters. The predicted octanol–water partition coefficient (Wildman–Crippen LogP) is 4.45. The molecule has 0 saturated carbocycles. The van der Waals surface area contributed by atoms with Crippen molar-refractivity contribution in [1.29, 1.82) is 0 Å². The van der Waals surface area contributed by atoms with Crippen LogP contribution >= 0.6 is 15.9 Å². The van der Waals surface area contributed by atoms with Gasteiger partial charge in [0, 0.05) is 23.4 Å². The van der Waals surface area contributed by atoms with E-state index < -0.39 is 0 Å². The van der Waals surface area contributed by atoms with Gasteiger partial charge in [0.05, 0.1) is 6.04 Å². The fourth-order valence-electron chi connectivity index (χ4n) is 2.59. The van der Waals surface area contributed by atoms with Crippen LogP contribution in [-0.4, -0.2) is 16.1 Å². The third kappa shape index (κ3) is 4.17. The zero-order valence-electron chi connectivity index (χ0n) is 13.1. The lowest BCUT2D eigenvalue weighted by molar-refractivity contribution is 0.530. The first kappa shape index (κ1) is 16.2. The van der Waals surface area contributed by atoms with Crippen LogP contribution < -0.4 is 5.32 Å². The van der Waals surface area contributed by atoms with Gasteiger partial charge in [0.1, 0.15) is 5.82 Å². The van der Waals surface area contributed by atoms with Gasteiger partial charge < -0.3 is 9.88 Å². The molecule has 0 saturated heterocycles. The van der Waals surface area contributed by atoms with E-state index >= 15 is 0 Å². The maximum absolute atomic E-state index is 4.61. The third-order valence-electron chi connectivity index (χ3n) is 3.47. The Labute approximate surface area is 135 Å². The summed E-state index contributed by atoms with van der Waals surface area (Å²) in [7, 11) is 0. The van der Waals surface area contributed by atoms with Gasteiger partial charge in [0.15, 0.2) is 0 Å². The average Bonchev–Trinajstić information content (AvgIpc) is 2.87. The summed E-state index contributed by atoms with van der Waals surface area (Å²) in [6.45, 7) is 8.50. The van der Waals surface area contributed by atoms with Crippen molar-refractivity contribution in [2.45, 2.75) is 46.2 Å². The zero-order valence-corrected chi connectivity index (χ0v) is 14.7. The number of aromatic nitrogens is 2. The molecule has 0 aliphatic carbocycles. The molecule has 0 aliphatic heterocycles. The molecule has 0 amide bonds. The van der Waals surface area contributed by atoms with Gasteiger partial charge in [0.25, 0.3) is 0 Å². The predicted molar refractivity (Wildman–Crippen MR) is 91.5 cm³/mol. The molecule has 0 fully saturated rings. The first-order valence-electron chi connectivity index (χ1n) is 7.67. The molecular weight excluding hydrogens is 326 g/mol. The van der Waals surface area contributed by atoms with Crippen molar-refractivity contribution >= 4 is 15.9 Å². The molecule has 1 unspecified atom stereocenters. The summed E-state index contributed by atoms with van der Waals surface area (Å²) in [6.07, 6.45) is 6.19. The molecular formula is C17H24BrN3. The highest BCUT2D eigenvalue weighted by Crippen LogP contribution is 2.25. The van der Waals surface area contributed by atoms with Crippen molar-refractivity contribution in [3.8, 4) is 0 Å². The monoisotopic (exact) mass is 349 g/mol. The number of imidazole rings is 1. The summed E-state index contributed by atoms with van der Waals surface area (Å²) in [5.74, 6) is 1.10. The van der Waals surface area contributed by atoms with Crippen LogP contribution in [0.3, 0.4) is 0 Å². The highest BCUT2D eigenvalue weighted by molar-refractivity contribution is 9.10. The molecule has 0 spiro atoms. The molecule has 1 aromatic carbocycles. The number of rotatable bonds is 7. The quantitative estimate of drug-likeness (QED) is 0.799. The third-order valence-corrected chi connectivity index (χ3v) is 3.92. The van der Waals surface area contributed by atoms with Crippen molar-refractivity contribution in [3.63, 3.8) is 0 Å². The second-order valence-electron chi connectivity index (χ2n) is 5.43. The molecule has 1 heterocycles. The number of aryl methyl sites for hydroxylation is 2. The van der Waals surface area contributed by atoms with Crippen LogP contribution in [0.15, 0.2) is 35.1 Å². The maximum atomic E-state index is 4.61. The summed E-state index contributed by atoms with van der Waals surface area (Å²) >= 11 is 3.61. The number of nitrogens with zero attached hydrogens (tertiary/aromatic N) is 2. The van der Waals surface area contributed by atoms with E-state index in [-0.39, 0.29) is 6.04 Å². The standard InChI is InChI=1S/C17H24BrN3/c1-4-6-19-16(14-10-13(3)11-15(18)12-14)17-20-7-9-21(17)8-5-2/h7,9-12,16,19H,4-6,8H2,1-3H3. The summed E-state index contributed by atoms with van der Waals surface area (Å²) in [5.41, 5.74) is 2.52. The van der Waals surface area contributed by atoms with Gasteiger partial charge in [-0.3, -0.25) is 0 Å². The van der Waals surface area contributed by atoms with Gasteiger partial charge >= 0.3 is 0 Å². The molecule has 3 nitrogen and oxygen atoms in total. The van der Waals surface area contributed by atoms with E-state index in [1.54, 1.807) is 0 Å². The van der Waals surface area contributed by atoms with Crippen molar-refractivity contribution < 1.29 is 0 Å². The maximum Gasteiger partial charge on any atom is 0.130 e. The van der Waals surface area contributed by atoms with Gasteiger partial charge in [-0.05, 0) is 49.6 Å². The van der Waals surface area contributed by atoms with Crippen LogP contribution in [0.5, 0.6) is 0 Å². The molecule has 0 bridgehead atoms. The van der Waals surface area contributed by atoms with Crippen LogP contribution in [0.4, 0.5) is 0 Å². The van der Waals surface area contributed by atoms with E-state index in [0.29, 0.717) is 0 Å². The molecule has 0 aliphatic rings. The van der Waals surface area contributed by atoms with Crippen LogP contribution in [0.25, 0.3) is 0 Å². The minimum absolute atomic E-state index is 0.141. The number of nitrogens with one attached hydrogen (secondary N) is 1. The van der Waals surface area contributed by atoms with Crippen molar-refractivity contribution in [2.24, 2.45) is 0 Å². The summed E-state index contributed by atoms with van der Waals surface area (Å²) < 4.78 is 3.37. The number of hydrogen-bond acceptors (Lipinski definition) is 2. The molecule has 0 radical (unpaired) electrons. The van der Waals surface area contributed by atoms with Gasteiger partial charge in [0.2, 0.25) is 0 Å². The highest BCUT2D eigenvalue weighted by Gasteiger charge is 2.19. The van der Waals surface area contributed by atoms with E-state index in [2.05, 4.69) is 76.0 Å². The molecule has 1 aromatic heterocycles. The Hall–Kier alpha value is -1.13. The molecule has 2 rings (SSSR count). The normalized spacial score (nSPS) is 12.6. The lowest BCUT2D eigenvalue weighted by Gasteiger charge is -2.21. The van der Waals surface area contributed by atoms with Gasteiger partial charge in [-0.15, -0.1) is 0 Å². The SMILES string of the molecule is CCCNC(c1cc(C)cc(Br)c1)c1nccn1CCC. The molecule has 114 valence electrons. The largest absolute Gasteiger partial charge is 0.333 e. The molecule has 4 heteroatoms. The Kier molecular flexibility index (Phi) is 6.00. The minimum Gasteiger partial charge on any atom is -0.333 e. The summed E-state index contributed by atoms with van der Waals surface area (Å²) in [6, 6.07) is 6.70. The number of halogens is 1. The fourth-order valence-corrected chi connectivity index (χ4v) is 3.21. The van der Waals surface area contributed by atoms with Crippen LogP contribution in [0.1, 0.15) is 49.7 Å². The first-order valence-corrected chi connectivity index (χ1v) is 8.46. The van der Waals surface area contributed by atoms with Crippen LogP contribution in [0.2, 0.25) is 0 Å². The highest BCUT2D eigenvalue weighted by atomic mass is 79.9. The Bertz CT molecular complexity index is 557. The fraction of sp³-hybridized carbons (Fsp3) is 0.471. The van der Waals surface area contributed by atoms with Gasteiger partial charge in [-0.1, -0.05) is 35.8 Å². The van der Waals surface area contributed by atoms with E-state index in [9.17, 15) is 0 Å². The Morgan fingerprint density at radius 1 is 1.24 bits per heavy atom. The number of hydrogen-bond donors (Lipinski definition) is 1. The topological polar surface area (TPSA) is 29.9 Å². The number of benzene rings is 1. The lowest BCUT2D eigenvalue weighted by atomic mass is 10.0. The lowest BCUT2D eigenvalue weighted by Crippen LogP contribution is -2.26. The van der Waals surface area contributed by atoms with E-state index in [4.69, 9.17) is 0 Å². The van der Waals surface area contributed by atoms with Crippen LogP contribution in [0, 0.1) is 6.92 Å². The zero-order chi connectivity index (χ0) is 15.2. The van der Waals surface area contributed by atoms with Gasteiger partial charge in [-0.2, -0.15) is 0 Å². The van der Waals surface area contributed by atoms with Crippen LogP contribution in [-0.2, 0) is 6.54 Å². The summed E-state index contributed by atoms with van der Waals surface area (Å²) in [5, 5.41) is 3.64. The Morgan fingerprint density at radius 3 is 2.71 bits per heavy atom. The van der Waals surface area contributed by atoms with E-state index in [1.807, 2.05) is 6.20 Å². The van der Waals surface area contributed by atoms with Crippen molar-refractivity contribution in [1.82, 2.24) is 14.9 Å². The smallest absolute Gasteiger partial charge is 0.130 e. The average molecular weight is 350 g/mol. The summed E-state index contributed by atoms with van der Waals surface area (Å²) in [4.78, 5) is 4.61. The Morgan fingerprint density at radius 2 is 2.05 bits per heavy atom. The Balaban J connectivity index is 2.39. The second-order valence-corrected chi connectivity index (χ2v) is 6.34. The molecule has 1 N–H and O–H groups in total. The van der Waals surface area contributed by atoms with Crippen molar-refractivity contribution in [2.75, 3.05) is 6.54 Å². The van der Waals surface area contributed by atoms with E-state index in [0.717, 1.165) is 36.2 Å². The van der Waals surface area contributed by atoms with Gasteiger partial charge in [-0.25, -0.2) is 4.98 Å². The van der Waals surface area contributed by atoms with E-state index in [1.165, 1.54) is 11.1 Å².